The molecule has 0 unspecified atom stereocenters. The maximum atomic E-state index is 6.34. The fraction of sp³-hybridized carbons (Fsp3) is 0.267. The Bertz CT molecular complexity index is 609. The monoisotopic (exact) mass is 369 g/mol. The smallest absolute Gasteiger partial charge is 0.151 e. The van der Waals surface area contributed by atoms with Gasteiger partial charge in [0.15, 0.2) is 5.82 Å². The molecule has 2 rings (SSSR count). The summed E-state index contributed by atoms with van der Waals surface area (Å²) in [6.07, 6.45) is 2.55. The number of anilines is 2. The Labute approximate surface area is 138 Å². The van der Waals surface area contributed by atoms with Crippen molar-refractivity contribution in [1.29, 1.82) is 0 Å². The van der Waals surface area contributed by atoms with Gasteiger partial charge in [-0.3, -0.25) is 0 Å². The number of hydrogen-bond donors (Lipinski definition) is 1. The van der Waals surface area contributed by atoms with Crippen molar-refractivity contribution >= 4 is 39.0 Å². The Morgan fingerprint density at radius 2 is 2.14 bits per heavy atom. The molecular weight excluding hydrogens is 354 g/mol. The van der Waals surface area contributed by atoms with Crippen LogP contribution in [0.15, 0.2) is 41.0 Å². The van der Waals surface area contributed by atoms with Crippen molar-refractivity contribution in [2.75, 3.05) is 25.1 Å². The number of aromatic nitrogens is 1. The summed E-state index contributed by atoms with van der Waals surface area (Å²) in [5, 5.41) is 0.576. The van der Waals surface area contributed by atoms with Crippen molar-refractivity contribution < 1.29 is 4.74 Å². The Morgan fingerprint density at radius 1 is 1.38 bits per heavy atom. The topological polar surface area (TPSA) is 51.4 Å². The molecule has 0 amide bonds. The molecule has 0 saturated carbocycles. The third kappa shape index (κ3) is 3.87. The van der Waals surface area contributed by atoms with Gasteiger partial charge in [-0.1, -0.05) is 23.7 Å². The Kier molecular flexibility index (Phi) is 5.85. The van der Waals surface area contributed by atoms with E-state index in [9.17, 15) is 0 Å². The van der Waals surface area contributed by atoms with Crippen LogP contribution in [0.4, 0.5) is 11.5 Å². The normalized spacial score (nSPS) is 10.5. The lowest BCUT2D eigenvalue weighted by Gasteiger charge is -2.26. The van der Waals surface area contributed by atoms with Crippen LogP contribution < -0.4 is 15.4 Å². The molecule has 0 radical (unpaired) electrons. The Morgan fingerprint density at radius 3 is 2.81 bits per heavy atom. The molecule has 21 heavy (non-hydrogen) atoms. The van der Waals surface area contributed by atoms with E-state index in [0.29, 0.717) is 23.9 Å². The molecule has 0 atom stereocenters. The minimum absolute atomic E-state index is 0.576. The predicted molar refractivity (Wildman–Crippen MR) is 90.6 cm³/mol. The number of nitrogens with zero attached hydrogens (tertiary/aromatic N) is 2. The highest BCUT2D eigenvalue weighted by molar-refractivity contribution is 9.10. The van der Waals surface area contributed by atoms with E-state index < -0.39 is 0 Å². The van der Waals surface area contributed by atoms with E-state index in [1.807, 2.05) is 35.2 Å². The van der Waals surface area contributed by atoms with Crippen molar-refractivity contribution in [2.45, 2.75) is 6.42 Å². The van der Waals surface area contributed by atoms with Gasteiger partial charge in [0, 0.05) is 17.2 Å². The summed E-state index contributed by atoms with van der Waals surface area (Å²) in [7, 11) is 1.65. The highest BCUT2D eigenvalue weighted by Crippen LogP contribution is 2.36. The van der Waals surface area contributed by atoms with Gasteiger partial charge in [-0.25, -0.2) is 4.98 Å². The maximum Gasteiger partial charge on any atom is 0.151 e. The number of methoxy groups -OCH3 is 1. The van der Waals surface area contributed by atoms with Crippen LogP contribution in [0, 0.1) is 0 Å². The van der Waals surface area contributed by atoms with Gasteiger partial charge in [0.2, 0.25) is 0 Å². The van der Waals surface area contributed by atoms with Crippen molar-refractivity contribution in [2.24, 2.45) is 5.73 Å². The number of ether oxygens (including phenoxy) is 1. The summed E-state index contributed by atoms with van der Waals surface area (Å²) < 4.78 is 6.28. The summed E-state index contributed by atoms with van der Waals surface area (Å²) >= 11 is 9.71. The molecule has 0 fully saturated rings. The van der Waals surface area contributed by atoms with Gasteiger partial charge in [0.1, 0.15) is 5.75 Å². The Hall–Kier alpha value is -1.30. The van der Waals surface area contributed by atoms with Crippen LogP contribution in [-0.2, 0) is 0 Å². The predicted octanol–water partition coefficient (Wildman–Crippen LogP) is 3.99. The highest BCUT2D eigenvalue weighted by atomic mass is 79.9. The zero-order valence-electron chi connectivity index (χ0n) is 11.7. The number of rotatable bonds is 6. The molecule has 0 aliphatic carbocycles. The van der Waals surface area contributed by atoms with Crippen LogP contribution in [0.2, 0.25) is 5.02 Å². The van der Waals surface area contributed by atoms with E-state index in [1.165, 1.54) is 0 Å². The van der Waals surface area contributed by atoms with E-state index in [-0.39, 0.29) is 0 Å². The van der Waals surface area contributed by atoms with E-state index >= 15 is 0 Å². The first-order chi connectivity index (χ1) is 10.2. The van der Waals surface area contributed by atoms with Gasteiger partial charge in [-0.05, 0) is 47.1 Å². The summed E-state index contributed by atoms with van der Waals surface area (Å²) in [6, 6.07) is 9.61. The molecule has 0 bridgehead atoms. The fourth-order valence-electron chi connectivity index (χ4n) is 2.05. The van der Waals surface area contributed by atoms with E-state index in [0.717, 1.165) is 22.3 Å². The van der Waals surface area contributed by atoms with Gasteiger partial charge in [0.25, 0.3) is 0 Å². The molecule has 0 spiro atoms. The van der Waals surface area contributed by atoms with Crippen LogP contribution in [-0.4, -0.2) is 25.2 Å². The van der Waals surface area contributed by atoms with Crippen molar-refractivity contribution in [1.82, 2.24) is 4.98 Å². The highest BCUT2D eigenvalue weighted by Gasteiger charge is 2.17. The molecule has 1 aromatic carbocycles. The second-order valence-corrected chi connectivity index (χ2v) is 5.75. The van der Waals surface area contributed by atoms with Crippen LogP contribution in [0.3, 0.4) is 0 Å². The second kappa shape index (κ2) is 7.64. The van der Waals surface area contributed by atoms with Crippen LogP contribution >= 0.6 is 27.5 Å². The average molecular weight is 371 g/mol. The SMILES string of the molecule is COc1ccccc1N(CCCN)c1ncc(Br)cc1Cl. The summed E-state index contributed by atoms with van der Waals surface area (Å²) in [6.45, 7) is 1.31. The zero-order chi connectivity index (χ0) is 15.2. The van der Waals surface area contributed by atoms with Gasteiger partial charge in [0.05, 0.1) is 17.8 Å². The second-order valence-electron chi connectivity index (χ2n) is 4.42. The molecule has 2 aromatic rings. The number of para-hydroxylation sites is 2. The molecule has 0 saturated heterocycles. The maximum absolute atomic E-state index is 6.34. The molecule has 4 nitrogen and oxygen atoms in total. The summed E-state index contributed by atoms with van der Waals surface area (Å²) in [5.41, 5.74) is 6.57. The molecule has 112 valence electrons. The fourth-order valence-corrected chi connectivity index (χ4v) is 2.78. The van der Waals surface area contributed by atoms with E-state index in [1.54, 1.807) is 13.3 Å². The largest absolute Gasteiger partial charge is 0.495 e. The molecule has 1 aromatic heterocycles. The molecule has 2 N–H and O–H groups in total. The number of hydrogen-bond acceptors (Lipinski definition) is 4. The Balaban J connectivity index is 2.47. The van der Waals surface area contributed by atoms with Crippen LogP contribution in [0.5, 0.6) is 5.75 Å². The summed E-state index contributed by atoms with van der Waals surface area (Å²) in [5.74, 6) is 1.47. The lowest BCUT2D eigenvalue weighted by Crippen LogP contribution is -2.22. The molecule has 6 heteroatoms. The van der Waals surface area contributed by atoms with Gasteiger partial charge >= 0.3 is 0 Å². The average Bonchev–Trinajstić information content (AvgIpc) is 2.49. The lowest BCUT2D eigenvalue weighted by molar-refractivity contribution is 0.415. The molecule has 0 aliphatic rings. The standard InChI is InChI=1S/C15H17BrClN3O/c1-21-14-6-3-2-5-13(14)20(8-4-7-18)15-12(17)9-11(16)10-19-15/h2-3,5-6,9-10H,4,7-8,18H2,1H3. The lowest BCUT2D eigenvalue weighted by atomic mass is 10.2. The van der Waals surface area contributed by atoms with Gasteiger partial charge < -0.3 is 15.4 Å². The minimum atomic E-state index is 0.576. The first kappa shape index (κ1) is 16.1. The molecular formula is C15H17BrClN3O. The first-order valence-electron chi connectivity index (χ1n) is 6.59. The van der Waals surface area contributed by atoms with Gasteiger partial charge in [-0.2, -0.15) is 0 Å². The van der Waals surface area contributed by atoms with E-state index in [4.69, 9.17) is 22.1 Å². The number of pyridine rings is 1. The quantitative estimate of drug-likeness (QED) is 0.835. The number of benzene rings is 1. The van der Waals surface area contributed by atoms with Crippen LogP contribution in [0.1, 0.15) is 6.42 Å². The minimum Gasteiger partial charge on any atom is -0.495 e. The first-order valence-corrected chi connectivity index (χ1v) is 7.76. The number of nitrogens with two attached hydrogens (primary N) is 1. The third-order valence-electron chi connectivity index (χ3n) is 3.01. The molecule has 0 aliphatic heterocycles. The number of halogens is 2. The third-order valence-corrected chi connectivity index (χ3v) is 3.72. The zero-order valence-corrected chi connectivity index (χ0v) is 14.1. The van der Waals surface area contributed by atoms with Crippen LogP contribution in [0.25, 0.3) is 0 Å². The van der Waals surface area contributed by atoms with Gasteiger partial charge in [-0.15, -0.1) is 0 Å². The summed E-state index contributed by atoms with van der Waals surface area (Å²) in [4.78, 5) is 6.46. The van der Waals surface area contributed by atoms with Crippen molar-refractivity contribution in [3.63, 3.8) is 0 Å². The van der Waals surface area contributed by atoms with Crippen molar-refractivity contribution in [3.05, 3.63) is 46.0 Å². The van der Waals surface area contributed by atoms with Crippen molar-refractivity contribution in [3.8, 4) is 5.75 Å². The van der Waals surface area contributed by atoms with E-state index in [2.05, 4.69) is 20.9 Å². The molecule has 1 heterocycles.